The molecule has 130 valence electrons. The molecule has 0 saturated heterocycles. The molecule has 3 heteroatoms. The summed E-state index contributed by atoms with van der Waals surface area (Å²) in [4.78, 5) is 3.67. The van der Waals surface area contributed by atoms with E-state index in [9.17, 15) is 0 Å². The molecule has 26 heavy (non-hydrogen) atoms. The van der Waals surface area contributed by atoms with Gasteiger partial charge in [0.2, 0.25) is 0 Å². The van der Waals surface area contributed by atoms with Crippen molar-refractivity contribution in [2.45, 2.75) is 6.92 Å². The second-order valence-electron chi connectivity index (χ2n) is 6.20. The maximum atomic E-state index is 5.33. The highest BCUT2D eigenvalue weighted by molar-refractivity contribution is 8.02. The third-order valence-corrected chi connectivity index (χ3v) is 5.63. The molecule has 0 atom stereocenters. The van der Waals surface area contributed by atoms with Crippen molar-refractivity contribution in [3.63, 3.8) is 0 Å². The highest BCUT2D eigenvalue weighted by Gasteiger charge is 2.28. The first-order chi connectivity index (χ1) is 12.7. The van der Waals surface area contributed by atoms with Crippen LogP contribution in [0.2, 0.25) is 0 Å². The number of allylic oxidation sites excluding steroid dienone is 1. The zero-order chi connectivity index (χ0) is 18.1. The topological polar surface area (TPSA) is 12.5 Å². The van der Waals surface area contributed by atoms with Gasteiger partial charge in [-0.05, 0) is 54.5 Å². The Bertz CT molecular complexity index is 926. The second kappa shape index (κ2) is 6.93. The summed E-state index contributed by atoms with van der Waals surface area (Å²) in [5, 5.41) is 0. The minimum absolute atomic E-state index is 0.867. The summed E-state index contributed by atoms with van der Waals surface area (Å²) in [5.41, 5.74) is 7.42. The summed E-state index contributed by atoms with van der Waals surface area (Å²) in [5.74, 6) is 0.867. The smallest absolute Gasteiger partial charge is 0.119 e. The number of anilines is 3. The third kappa shape index (κ3) is 2.69. The number of hydrogen-bond donors (Lipinski definition) is 0. The average Bonchev–Trinajstić information content (AvgIpc) is 2.71. The predicted octanol–water partition coefficient (Wildman–Crippen LogP) is 6.62. The summed E-state index contributed by atoms with van der Waals surface area (Å²) in [6.07, 6.45) is 2.14. The molecule has 1 aliphatic rings. The van der Waals surface area contributed by atoms with Crippen LogP contribution in [-0.4, -0.2) is 13.4 Å². The van der Waals surface area contributed by atoms with Crippen molar-refractivity contribution in [3.8, 4) is 5.75 Å². The molecule has 2 nitrogen and oxygen atoms in total. The van der Waals surface area contributed by atoms with E-state index in [1.54, 1.807) is 18.9 Å². The van der Waals surface area contributed by atoms with Gasteiger partial charge in [-0.25, -0.2) is 0 Å². The van der Waals surface area contributed by atoms with Gasteiger partial charge in [0.1, 0.15) is 5.75 Å². The molecule has 0 radical (unpaired) electrons. The lowest BCUT2D eigenvalue weighted by Gasteiger charge is -2.35. The van der Waals surface area contributed by atoms with Gasteiger partial charge < -0.3 is 9.64 Å². The minimum atomic E-state index is 0.867. The quantitative estimate of drug-likeness (QED) is 0.408. The van der Waals surface area contributed by atoms with E-state index < -0.39 is 0 Å². The van der Waals surface area contributed by atoms with E-state index in [4.69, 9.17) is 4.74 Å². The summed E-state index contributed by atoms with van der Waals surface area (Å²) in [7, 11) is 1.70. The van der Waals surface area contributed by atoms with Gasteiger partial charge in [-0.2, -0.15) is 0 Å². The van der Waals surface area contributed by atoms with Gasteiger partial charge >= 0.3 is 0 Å². The Kier molecular flexibility index (Phi) is 4.48. The van der Waals surface area contributed by atoms with E-state index >= 15 is 0 Å². The van der Waals surface area contributed by atoms with Gasteiger partial charge in [-0.1, -0.05) is 36.4 Å². The molecule has 0 aliphatic carbocycles. The van der Waals surface area contributed by atoms with E-state index in [2.05, 4.69) is 78.7 Å². The van der Waals surface area contributed by atoms with E-state index in [1.807, 2.05) is 12.1 Å². The number of hydrogen-bond acceptors (Lipinski definition) is 3. The number of methoxy groups -OCH3 is 1. The minimum Gasteiger partial charge on any atom is -0.497 e. The van der Waals surface area contributed by atoms with Crippen LogP contribution in [-0.2, 0) is 0 Å². The fourth-order valence-electron chi connectivity index (χ4n) is 3.53. The van der Waals surface area contributed by atoms with Crippen LogP contribution in [0.25, 0.3) is 5.57 Å². The molecule has 0 unspecified atom stereocenters. The zero-order valence-electron chi connectivity index (χ0n) is 15.2. The monoisotopic (exact) mass is 359 g/mol. The van der Waals surface area contributed by atoms with Gasteiger partial charge in [0, 0.05) is 22.4 Å². The lowest BCUT2D eigenvalue weighted by atomic mass is 9.89. The molecule has 4 rings (SSSR count). The zero-order valence-corrected chi connectivity index (χ0v) is 16.0. The second-order valence-corrected chi connectivity index (χ2v) is 7.22. The lowest BCUT2D eigenvalue weighted by Crippen LogP contribution is -2.18. The summed E-state index contributed by atoms with van der Waals surface area (Å²) >= 11 is 1.81. The molecule has 1 aliphatic heterocycles. The third-order valence-electron chi connectivity index (χ3n) is 4.82. The highest BCUT2D eigenvalue weighted by atomic mass is 32.2. The molecule has 3 aromatic carbocycles. The summed E-state index contributed by atoms with van der Waals surface area (Å²) < 4.78 is 5.33. The Morgan fingerprint density at radius 3 is 1.85 bits per heavy atom. The van der Waals surface area contributed by atoms with Gasteiger partial charge in [-0.3, -0.25) is 0 Å². The summed E-state index contributed by atoms with van der Waals surface area (Å²) in [6, 6.07) is 25.5. The van der Waals surface area contributed by atoms with Gasteiger partial charge in [0.15, 0.2) is 0 Å². The molecule has 0 N–H and O–H groups in total. The Balaban J connectivity index is 2.00. The van der Waals surface area contributed by atoms with Crippen molar-refractivity contribution >= 4 is 34.4 Å². The fraction of sp³-hybridized carbons (Fsp3) is 0.130. The van der Waals surface area contributed by atoms with Crippen molar-refractivity contribution in [2.24, 2.45) is 0 Å². The maximum absolute atomic E-state index is 5.33. The number of para-hydroxylation sites is 2. The SMILES string of the molecule is COc1ccc(N2c3ccccc3C(=C(C)SC)c3ccccc32)cc1. The number of fused-ring (bicyclic) bond motifs is 2. The standard InChI is InChI=1S/C23H21NOS/c1-16(26-3)23-19-8-4-6-10-21(19)24(22-11-7-5-9-20(22)23)17-12-14-18(25-2)15-13-17/h4-15H,1-3H3. The van der Waals surface area contributed by atoms with E-state index in [-0.39, 0.29) is 0 Å². The first-order valence-electron chi connectivity index (χ1n) is 8.62. The average molecular weight is 359 g/mol. The Hall–Kier alpha value is -2.65. The molecule has 3 aromatic rings. The van der Waals surface area contributed by atoms with Gasteiger partial charge in [0.05, 0.1) is 18.5 Å². The molecule has 0 bridgehead atoms. The van der Waals surface area contributed by atoms with Crippen molar-refractivity contribution < 1.29 is 4.74 Å². The van der Waals surface area contributed by atoms with Crippen LogP contribution in [0.3, 0.4) is 0 Å². The van der Waals surface area contributed by atoms with Crippen LogP contribution in [0, 0.1) is 0 Å². The van der Waals surface area contributed by atoms with E-state index in [0.29, 0.717) is 0 Å². The molecule has 0 aromatic heterocycles. The molecule has 0 amide bonds. The Morgan fingerprint density at radius 2 is 1.35 bits per heavy atom. The molecular weight excluding hydrogens is 338 g/mol. The Morgan fingerprint density at radius 1 is 0.808 bits per heavy atom. The van der Waals surface area contributed by atoms with Crippen LogP contribution < -0.4 is 9.64 Å². The van der Waals surface area contributed by atoms with Crippen molar-refractivity contribution in [1.82, 2.24) is 0 Å². The molecule has 0 fully saturated rings. The number of thioether (sulfide) groups is 1. The normalized spacial score (nSPS) is 12.4. The van der Waals surface area contributed by atoms with Crippen LogP contribution in [0.4, 0.5) is 17.1 Å². The number of benzene rings is 3. The first kappa shape index (κ1) is 16.8. The molecular formula is C23H21NOS. The van der Waals surface area contributed by atoms with E-state index in [1.165, 1.54) is 33.0 Å². The van der Waals surface area contributed by atoms with Crippen LogP contribution >= 0.6 is 11.8 Å². The largest absolute Gasteiger partial charge is 0.497 e. The van der Waals surface area contributed by atoms with Gasteiger partial charge in [0.25, 0.3) is 0 Å². The van der Waals surface area contributed by atoms with Crippen LogP contribution in [0.15, 0.2) is 77.7 Å². The number of nitrogens with zero attached hydrogens (tertiary/aromatic N) is 1. The first-order valence-corrected chi connectivity index (χ1v) is 9.85. The maximum Gasteiger partial charge on any atom is 0.119 e. The van der Waals surface area contributed by atoms with Gasteiger partial charge in [-0.15, -0.1) is 11.8 Å². The number of rotatable bonds is 3. The van der Waals surface area contributed by atoms with Crippen molar-refractivity contribution in [2.75, 3.05) is 18.3 Å². The molecule has 0 spiro atoms. The van der Waals surface area contributed by atoms with Crippen molar-refractivity contribution in [1.29, 1.82) is 0 Å². The Labute approximate surface area is 159 Å². The fourth-order valence-corrected chi connectivity index (χ4v) is 3.95. The van der Waals surface area contributed by atoms with E-state index in [0.717, 1.165) is 11.4 Å². The lowest BCUT2D eigenvalue weighted by molar-refractivity contribution is 0.415. The predicted molar refractivity (Wildman–Crippen MR) is 113 cm³/mol. The van der Waals surface area contributed by atoms with Crippen LogP contribution in [0.1, 0.15) is 18.1 Å². The molecule has 1 heterocycles. The highest BCUT2D eigenvalue weighted by Crippen LogP contribution is 2.50. The summed E-state index contributed by atoms with van der Waals surface area (Å²) in [6.45, 7) is 2.20. The van der Waals surface area contributed by atoms with Crippen LogP contribution in [0.5, 0.6) is 5.75 Å². The number of ether oxygens (including phenoxy) is 1. The molecule has 0 saturated carbocycles. The van der Waals surface area contributed by atoms with Crippen molar-refractivity contribution in [3.05, 3.63) is 88.8 Å².